The van der Waals surface area contributed by atoms with E-state index >= 15 is 0 Å². The Bertz CT molecular complexity index is 920. The molecular weight excluding hydrogens is 470 g/mol. The normalized spacial score (nSPS) is 12.5. The molecule has 0 saturated heterocycles. The number of unbranched alkanes of at least 4 members (excludes halogenated alkanes) is 7. The zero-order chi connectivity index (χ0) is 26.0. The van der Waals surface area contributed by atoms with Gasteiger partial charge in [0.1, 0.15) is 12.4 Å². The van der Waals surface area contributed by atoms with Crippen LogP contribution in [0.5, 0.6) is 5.75 Å². The Morgan fingerprint density at radius 1 is 0.889 bits per heavy atom. The van der Waals surface area contributed by atoms with Crippen molar-refractivity contribution in [1.29, 1.82) is 0 Å². The van der Waals surface area contributed by atoms with Crippen LogP contribution >= 0.6 is 11.6 Å². The molecule has 0 amide bonds. The minimum Gasteiger partial charge on any atom is -0.494 e. The Hall–Kier alpha value is -2.59. The lowest BCUT2D eigenvalue weighted by molar-refractivity contribution is -0.137. The summed E-state index contributed by atoms with van der Waals surface area (Å²) in [7, 11) is 0. The molecular formula is C31H42ClNO3. The Labute approximate surface area is 222 Å². The fraction of sp³-hybridized carbons (Fsp3) is 0.484. The van der Waals surface area contributed by atoms with Gasteiger partial charge in [0.2, 0.25) is 0 Å². The quantitative estimate of drug-likeness (QED) is 0.0700. The number of halogens is 1. The maximum Gasteiger partial charge on any atom is 0.330 e. The minimum atomic E-state index is -0.395. The number of carbonyl (C=O) groups excluding carboxylic acids is 1. The number of hydrogen-bond donors (Lipinski definition) is 0. The van der Waals surface area contributed by atoms with Crippen molar-refractivity contribution in [2.75, 3.05) is 13.2 Å². The van der Waals surface area contributed by atoms with Gasteiger partial charge in [0, 0.05) is 12.3 Å². The maximum absolute atomic E-state index is 11.8. The third-order valence-corrected chi connectivity index (χ3v) is 6.55. The van der Waals surface area contributed by atoms with Crippen LogP contribution in [0.3, 0.4) is 0 Å². The van der Waals surface area contributed by atoms with Crippen LogP contribution in [0.4, 0.5) is 5.69 Å². The standard InChI is InChI=1S/C31H42ClNO3/c1-4-5-6-7-8-9-10-11-22-35-29-19-14-27(15-20-29)23-33-28-17-12-26(13-18-28)16-21-31(34)36-24-30(32)25(2)3/h12-21,23,25,30H,4-11,22,24H2,1-3H3/b21-16+,33-23?. The topological polar surface area (TPSA) is 47.9 Å². The number of esters is 1. The lowest BCUT2D eigenvalue weighted by atomic mass is 10.1. The molecule has 0 aromatic heterocycles. The van der Waals surface area contributed by atoms with Gasteiger partial charge in [-0.15, -0.1) is 11.6 Å². The second kappa shape index (κ2) is 17.8. The summed E-state index contributed by atoms with van der Waals surface area (Å²) in [5.74, 6) is 0.761. The smallest absolute Gasteiger partial charge is 0.330 e. The van der Waals surface area contributed by atoms with E-state index in [2.05, 4.69) is 11.9 Å². The van der Waals surface area contributed by atoms with Gasteiger partial charge in [-0.1, -0.05) is 77.8 Å². The molecule has 36 heavy (non-hydrogen) atoms. The second-order valence-electron chi connectivity index (χ2n) is 9.47. The number of aliphatic imine (C=N–C) groups is 1. The highest BCUT2D eigenvalue weighted by molar-refractivity contribution is 6.21. The number of hydrogen-bond acceptors (Lipinski definition) is 4. The lowest BCUT2D eigenvalue weighted by Gasteiger charge is -2.12. The zero-order valence-electron chi connectivity index (χ0n) is 22.1. The predicted molar refractivity (Wildman–Crippen MR) is 153 cm³/mol. The molecule has 0 fully saturated rings. The van der Waals surface area contributed by atoms with Crippen LogP contribution in [0.2, 0.25) is 0 Å². The molecule has 0 saturated carbocycles. The SMILES string of the molecule is CCCCCCCCCCOc1ccc(C=Nc2ccc(/C=C/C(=O)OCC(Cl)C(C)C)cc2)cc1. The Kier molecular flexibility index (Phi) is 14.6. The second-order valence-corrected chi connectivity index (χ2v) is 10.0. The molecule has 2 rings (SSSR count). The van der Waals surface area contributed by atoms with Crippen LogP contribution in [-0.2, 0) is 9.53 Å². The van der Waals surface area contributed by atoms with Crippen molar-refractivity contribution in [3.8, 4) is 5.75 Å². The highest BCUT2D eigenvalue weighted by Crippen LogP contribution is 2.17. The van der Waals surface area contributed by atoms with Crippen LogP contribution < -0.4 is 4.74 Å². The molecule has 0 aliphatic rings. The van der Waals surface area contributed by atoms with E-state index in [1.807, 2.05) is 68.6 Å². The van der Waals surface area contributed by atoms with Crippen molar-refractivity contribution in [1.82, 2.24) is 0 Å². The van der Waals surface area contributed by atoms with Gasteiger partial charge in [-0.25, -0.2) is 4.79 Å². The van der Waals surface area contributed by atoms with Crippen LogP contribution in [0, 0.1) is 5.92 Å². The van der Waals surface area contributed by atoms with Crippen molar-refractivity contribution in [3.05, 3.63) is 65.7 Å². The Balaban J connectivity index is 1.69. The van der Waals surface area contributed by atoms with Gasteiger partial charge < -0.3 is 9.47 Å². The number of nitrogens with zero attached hydrogens (tertiary/aromatic N) is 1. The van der Waals surface area contributed by atoms with E-state index < -0.39 is 5.97 Å². The molecule has 1 unspecified atom stereocenters. The molecule has 1 atom stereocenters. The molecule has 0 N–H and O–H groups in total. The van der Waals surface area contributed by atoms with Crippen LogP contribution in [0.15, 0.2) is 59.6 Å². The fourth-order valence-corrected chi connectivity index (χ4v) is 3.53. The van der Waals surface area contributed by atoms with Crippen LogP contribution in [-0.4, -0.2) is 30.8 Å². The monoisotopic (exact) mass is 511 g/mol. The van der Waals surface area contributed by atoms with Crippen LogP contribution in [0.1, 0.15) is 83.3 Å². The molecule has 2 aromatic rings. The van der Waals surface area contributed by atoms with Crippen LogP contribution in [0.25, 0.3) is 6.08 Å². The third kappa shape index (κ3) is 12.9. The third-order valence-electron chi connectivity index (χ3n) is 5.92. The molecule has 4 nitrogen and oxygen atoms in total. The highest BCUT2D eigenvalue weighted by atomic mass is 35.5. The van der Waals surface area contributed by atoms with Crippen molar-refractivity contribution < 1.29 is 14.3 Å². The molecule has 0 heterocycles. The van der Waals surface area contributed by atoms with Gasteiger partial charge in [0.15, 0.2) is 0 Å². The van der Waals surface area contributed by atoms with E-state index in [-0.39, 0.29) is 17.9 Å². The molecule has 0 bridgehead atoms. The zero-order valence-corrected chi connectivity index (χ0v) is 22.9. The van der Waals surface area contributed by atoms with Gasteiger partial charge in [0.05, 0.1) is 17.7 Å². The summed E-state index contributed by atoms with van der Waals surface area (Å²) in [6, 6.07) is 15.7. The highest BCUT2D eigenvalue weighted by Gasteiger charge is 2.11. The van der Waals surface area contributed by atoms with Gasteiger partial charge in [-0.2, -0.15) is 0 Å². The number of carbonyl (C=O) groups is 1. The molecule has 0 spiro atoms. The minimum absolute atomic E-state index is 0.178. The molecule has 0 aliphatic heterocycles. The first-order valence-electron chi connectivity index (χ1n) is 13.3. The summed E-state index contributed by atoms with van der Waals surface area (Å²) < 4.78 is 11.0. The van der Waals surface area contributed by atoms with Gasteiger partial charge in [-0.05, 0) is 65.9 Å². The maximum atomic E-state index is 11.8. The molecule has 2 aromatic carbocycles. The van der Waals surface area contributed by atoms with Crippen molar-refractivity contribution in [2.24, 2.45) is 10.9 Å². The summed E-state index contributed by atoms with van der Waals surface area (Å²) in [6.07, 6.45) is 15.4. The first-order valence-corrected chi connectivity index (χ1v) is 13.8. The summed E-state index contributed by atoms with van der Waals surface area (Å²) in [5.41, 5.74) is 2.75. The predicted octanol–water partition coefficient (Wildman–Crippen LogP) is 8.78. The van der Waals surface area contributed by atoms with E-state index in [9.17, 15) is 4.79 Å². The summed E-state index contributed by atoms with van der Waals surface area (Å²) in [5, 5.41) is -0.178. The van der Waals surface area contributed by atoms with E-state index in [1.54, 1.807) is 6.08 Å². The Morgan fingerprint density at radius 2 is 1.50 bits per heavy atom. The molecule has 5 heteroatoms. The number of rotatable bonds is 17. The molecule has 196 valence electrons. The average Bonchev–Trinajstić information content (AvgIpc) is 2.89. The largest absolute Gasteiger partial charge is 0.494 e. The Morgan fingerprint density at radius 3 is 2.14 bits per heavy atom. The summed E-state index contributed by atoms with van der Waals surface area (Å²) >= 11 is 6.11. The molecule has 0 aliphatic carbocycles. The van der Waals surface area contributed by atoms with Crippen molar-refractivity contribution >= 4 is 35.5 Å². The van der Waals surface area contributed by atoms with Gasteiger partial charge >= 0.3 is 5.97 Å². The van der Waals surface area contributed by atoms with Gasteiger partial charge in [-0.3, -0.25) is 4.99 Å². The number of alkyl halides is 1. The van der Waals surface area contributed by atoms with E-state index in [1.165, 1.54) is 51.0 Å². The van der Waals surface area contributed by atoms with E-state index in [0.717, 1.165) is 35.6 Å². The van der Waals surface area contributed by atoms with Gasteiger partial charge in [0.25, 0.3) is 0 Å². The van der Waals surface area contributed by atoms with E-state index in [0.29, 0.717) is 0 Å². The van der Waals surface area contributed by atoms with Crippen molar-refractivity contribution in [2.45, 2.75) is 77.5 Å². The first kappa shape index (κ1) is 29.6. The average molecular weight is 512 g/mol. The van der Waals surface area contributed by atoms with Crippen molar-refractivity contribution in [3.63, 3.8) is 0 Å². The number of ether oxygens (including phenoxy) is 2. The fourth-order valence-electron chi connectivity index (χ4n) is 3.46. The summed E-state index contributed by atoms with van der Waals surface area (Å²) in [4.78, 5) is 16.4. The summed E-state index contributed by atoms with van der Waals surface area (Å²) in [6.45, 7) is 7.22. The van der Waals surface area contributed by atoms with E-state index in [4.69, 9.17) is 21.1 Å². The lowest BCUT2D eigenvalue weighted by Crippen LogP contribution is -2.17. The number of benzene rings is 2. The molecule has 0 radical (unpaired) electrons. The first-order chi connectivity index (χ1) is 17.5.